The fraction of sp³-hybridized carbons (Fsp3) is 0.412. The predicted octanol–water partition coefficient (Wildman–Crippen LogP) is 0.940. The van der Waals surface area contributed by atoms with Crippen molar-refractivity contribution in [1.82, 2.24) is 10.2 Å². The first-order valence-corrected chi connectivity index (χ1v) is 7.62. The molecule has 1 heterocycles. The highest BCUT2D eigenvalue weighted by Gasteiger charge is 2.51. The molecule has 7 heteroatoms. The number of carbonyl (C=O) groups excluding carboxylic acids is 1. The molecule has 3 atom stereocenters. The van der Waals surface area contributed by atoms with Gasteiger partial charge in [0.1, 0.15) is 5.75 Å². The van der Waals surface area contributed by atoms with Gasteiger partial charge < -0.3 is 19.7 Å². The number of ether oxygens (including phenoxy) is 2. The standard InChI is InChI=1S/C17H20N2O5/c1-17(22)8-11-13(15(20)19-18-11)12(14(17)16(21)24-3)9-4-6-10(23-2)7-5-9/h4-7,12,14,22H,8H2,1-3H3,(H2,18,19,20). The molecule has 0 spiro atoms. The Hall–Kier alpha value is -2.54. The molecular formula is C17H20N2O5. The van der Waals surface area contributed by atoms with E-state index < -0.39 is 23.4 Å². The van der Waals surface area contributed by atoms with Gasteiger partial charge in [0.25, 0.3) is 5.56 Å². The highest BCUT2D eigenvalue weighted by molar-refractivity contribution is 5.77. The van der Waals surface area contributed by atoms with Gasteiger partial charge in [-0.05, 0) is 24.6 Å². The van der Waals surface area contributed by atoms with Gasteiger partial charge in [0.05, 0.1) is 25.7 Å². The van der Waals surface area contributed by atoms with Crippen LogP contribution in [-0.2, 0) is 16.0 Å². The fourth-order valence-electron chi connectivity index (χ4n) is 3.55. The van der Waals surface area contributed by atoms with Crippen molar-refractivity contribution >= 4 is 5.97 Å². The Morgan fingerprint density at radius 1 is 1.25 bits per heavy atom. The molecule has 3 rings (SSSR count). The van der Waals surface area contributed by atoms with Crippen molar-refractivity contribution in [3.63, 3.8) is 0 Å². The van der Waals surface area contributed by atoms with Gasteiger partial charge in [-0.15, -0.1) is 0 Å². The molecule has 0 saturated heterocycles. The van der Waals surface area contributed by atoms with Crippen molar-refractivity contribution in [2.24, 2.45) is 5.92 Å². The molecule has 1 aliphatic rings. The van der Waals surface area contributed by atoms with Crippen molar-refractivity contribution in [3.05, 3.63) is 51.4 Å². The molecule has 0 bridgehead atoms. The highest BCUT2D eigenvalue weighted by Crippen LogP contribution is 2.44. The SMILES string of the molecule is COC(=O)C1C(c2ccc(OC)cc2)c2c([nH][nH]c2=O)CC1(C)O. The predicted molar refractivity (Wildman–Crippen MR) is 86.1 cm³/mol. The average Bonchev–Trinajstić information content (AvgIpc) is 2.92. The van der Waals surface area contributed by atoms with Crippen molar-refractivity contribution < 1.29 is 19.4 Å². The lowest BCUT2D eigenvalue weighted by atomic mass is 9.66. The Bertz CT molecular complexity index is 803. The van der Waals surface area contributed by atoms with Crippen LogP contribution in [0.1, 0.15) is 29.7 Å². The normalized spacial score (nSPS) is 25.8. The fourth-order valence-corrected chi connectivity index (χ4v) is 3.55. The lowest BCUT2D eigenvalue weighted by molar-refractivity contribution is -0.156. The second-order valence-electron chi connectivity index (χ2n) is 6.26. The van der Waals surface area contributed by atoms with Crippen LogP contribution in [0, 0.1) is 5.92 Å². The lowest BCUT2D eigenvalue weighted by Gasteiger charge is -2.40. The number of esters is 1. The monoisotopic (exact) mass is 332 g/mol. The number of fused-ring (bicyclic) bond motifs is 1. The number of aromatic amines is 2. The van der Waals surface area contributed by atoms with Gasteiger partial charge in [-0.3, -0.25) is 14.7 Å². The minimum absolute atomic E-state index is 0.160. The molecule has 1 aromatic heterocycles. The first kappa shape index (κ1) is 16.3. The molecule has 2 aromatic rings. The summed E-state index contributed by atoms with van der Waals surface area (Å²) >= 11 is 0. The van der Waals surface area contributed by atoms with E-state index in [0.717, 1.165) is 5.56 Å². The zero-order chi connectivity index (χ0) is 17.5. The van der Waals surface area contributed by atoms with E-state index in [2.05, 4.69) is 10.2 Å². The molecule has 0 saturated carbocycles. The zero-order valence-corrected chi connectivity index (χ0v) is 13.8. The van der Waals surface area contributed by atoms with E-state index in [9.17, 15) is 14.7 Å². The smallest absolute Gasteiger partial charge is 0.312 e. The van der Waals surface area contributed by atoms with E-state index in [1.807, 2.05) is 0 Å². The van der Waals surface area contributed by atoms with Gasteiger partial charge in [-0.25, -0.2) is 0 Å². The number of carbonyl (C=O) groups is 1. The third kappa shape index (κ3) is 2.50. The molecule has 0 aliphatic heterocycles. The molecule has 128 valence electrons. The molecule has 3 unspecified atom stereocenters. The minimum atomic E-state index is -1.35. The minimum Gasteiger partial charge on any atom is -0.497 e. The number of aromatic nitrogens is 2. The van der Waals surface area contributed by atoms with E-state index in [1.165, 1.54) is 7.11 Å². The Morgan fingerprint density at radius 3 is 2.50 bits per heavy atom. The first-order valence-electron chi connectivity index (χ1n) is 7.62. The summed E-state index contributed by atoms with van der Waals surface area (Å²) in [6.45, 7) is 1.58. The van der Waals surface area contributed by atoms with Gasteiger partial charge in [-0.2, -0.15) is 0 Å². The maximum absolute atomic E-state index is 12.4. The van der Waals surface area contributed by atoms with Crippen molar-refractivity contribution in [3.8, 4) is 5.75 Å². The quantitative estimate of drug-likeness (QED) is 0.726. The molecule has 0 radical (unpaired) electrons. The van der Waals surface area contributed by atoms with Crippen LogP contribution in [0.25, 0.3) is 0 Å². The Kier molecular flexibility index (Phi) is 3.96. The van der Waals surface area contributed by atoms with E-state index in [1.54, 1.807) is 38.3 Å². The summed E-state index contributed by atoms with van der Waals surface area (Å²) in [5.41, 5.74) is 0.149. The van der Waals surface area contributed by atoms with Crippen molar-refractivity contribution in [1.29, 1.82) is 0 Å². The summed E-state index contributed by atoms with van der Waals surface area (Å²) in [4.78, 5) is 24.7. The Labute approximate surface area is 138 Å². The number of hydrogen-bond donors (Lipinski definition) is 3. The zero-order valence-electron chi connectivity index (χ0n) is 13.8. The number of H-pyrrole nitrogens is 2. The average molecular weight is 332 g/mol. The largest absolute Gasteiger partial charge is 0.497 e. The molecule has 24 heavy (non-hydrogen) atoms. The Morgan fingerprint density at radius 2 is 1.92 bits per heavy atom. The van der Waals surface area contributed by atoms with Gasteiger partial charge >= 0.3 is 5.97 Å². The molecule has 7 nitrogen and oxygen atoms in total. The van der Waals surface area contributed by atoms with Crippen molar-refractivity contribution in [2.45, 2.75) is 24.9 Å². The van der Waals surface area contributed by atoms with E-state index in [4.69, 9.17) is 9.47 Å². The highest BCUT2D eigenvalue weighted by atomic mass is 16.5. The Balaban J connectivity index is 2.20. The number of rotatable bonds is 3. The summed E-state index contributed by atoms with van der Waals surface area (Å²) in [7, 11) is 2.84. The van der Waals surface area contributed by atoms with E-state index in [0.29, 0.717) is 17.0 Å². The third-order valence-electron chi connectivity index (χ3n) is 4.68. The number of benzene rings is 1. The topological polar surface area (TPSA) is 104 Å². The van der Waals surface area contributed by atoms with Crippen LogP contribution in [-0.4, -0.2) is 41.1 Å². The van der Waals surface area contributed by atoms with Gasteiger partial charge in [0.2, 0.25) is 0 Å². The lowest BCUT2D eigenvalue weighted by Crippen LogP contribution is -2.49. The molecule has 0 amide bonds. The van der Waals surface area contributed by atoms with E-state index in [-0.39, 0.29) is 12.0 Å². The van der Waals surface area contributed by atoms with Crippen LogP contribution in [0.15, 0.2) is 29.1 Å². The molecular weight excluding hydrogens is 312 g/mol. The number of methoxy groups -OCH3 is 2. The summed E-state index contributed by atoms with van der Waals surface area (Å²) in [5.74, 6) is -1.39. The second kappa shape index (κ2) is 5.83. The van der Waals surface area contributed by atoms with E-state index >= 15 is 0 Å². The summed E-state index contributed by atoms with van der Waals surface area (Å²) in [5, 5.41) is 16.2. The summed E-state index contributed by atoms with van der Waals surface area (Å²) in [6, 6.07) is 7.09. The summed E-state index contributed by atoms with van der Waals surface area (Å²) < 4.78 is 10.1. The van der Waals surface area contributed by atoms with Crippen LogP contribution in [0.2, 0.25) is 0 Å². The van der Waals surface area contributed by atoms with Crippen LogP contribution in [0.5, 0.6) is 5.75 Å². The summed E-state index contributed by atoms with van der Waals surface area (Å²) in [6.07, 6.45) is 0.160. The number of hydrogen-bond acceptors (Lipinski definition) is 5. The molecule has 3 N–H and O–H groups in total. The first-order chi connectivity index (χ1) is 11.4. The van der Waals surface area contributed by atoms with Crippen LogP contribution in [0.4, 0.5) is 0 Å². The molecule has 0 fully saturated rings. The van der Waals surface area contributed by atoms with Crippen LogP contribution < -0.4 is 10.3 Å². The van der Waals surface area contributed by atoms with Gasteiger partial charge in [0, 0.05) is 23.6 Å². The maximum atomic E-state index is 12.4. The van der Waals surface area contributed by atoms with Crippen LogP contribution >= 0.6 is 0 Å². The molecule has 1 aromatic carbocycles. The van der Waals surface area contributed by atoms with Crippen molar-refractivity contribution in [2.75, 3.05) is 14.2 Å². The van der Waals surface area contributed by atoms with Gasteiger partial charge in [-0.1, -0.05) is 12.1 Å². The maximum Gasteiger partial charge on any atom is 0.312 e. The number of nitrogens with one attached hydrogen (secondary N) is 2. The van der Waals surface area contributed by atoms with Gasteiger partial charge in [0.15, 0.2) is 0 Å². The second-order valence-corrected chi connectivity index (χ2v) is 6.26. The molecule has 1 aliphatic carbocycles. The number of aliphatic hydroxyl groups is 1. The third-order valence-corrected chi connectivity index (χ3v) is 4.68. The van der Waals surface area contributed by atoms with Crippen LogP contribution in [0.3, 0.4) is 0 Å².